The number of pyridine rings is 1. The number of fused-ring (bicyclic) bond motifs is 1. The molecule has 0 atom stereocenters. The maximum absolute atomic E-state index is 14.9. The van der Waals surface area contributed by atoms with Gasteiger partial charge in [-0.25, -0.2) is 18.9 Å². The molecule has 194 valence electrons. The molecule has 0 spiro atoms. The van der Waals surface area contributed by atoms with E-state index in [0.717, 1.165) is 19.2 Å². The molecule has 0 unspecified atom stereocenters. The number of hydrogen-bond donors (Lipinski definition) is 2. The number of nitrogen functional groups attached to an aromatic ring is 1. The molecule has 8 nitrogen and oxygen atoms in total. The lowest BCUT2D eigenvalue weighted by Crippen LogP contribution is -2.35. The molecule has 0 aliphatic rings. The summed E-state index contributed by atoms with van der Waals surface area (Å²) < 4.78 is 56.1. The van der Waals surface area contributed by atoms with Crippen LogP contribution in [-0.2, 0) is 6.18 Å². The number of alkyl halides is 3. The van der Waals surface area contributed by atoms with Gasteiger partial charge >= 0.3 is 6.18 Å². The van der Waals surface area contributed by atoms with Crippen LogP contribution in [0.5, 0.6) is 0 Å². The van der Waals surface area contributed by atoms with Gasteiger partial charge in [-0.2, -0.15) is 18.3 Å². The SMILES string of the molecule is CCN(CC)CCNC(=O)c1ccc(-c2cnc3ccc(-c4cnc(N)c(C(F)(F)F)c4)nn23)cc1F. The Balaban J connectivity index is 1.61. The number of nitrogens with two attached hydrogens (primary N) is 1. The fraction of sp³-hybridized carbons (Fsp3) is 0.280. The molecular formula is C25H25F4N7O. The van der Waals surface area contributed by atoms with Crippen LogP contribution in [0.2, 0.25) is 0 Å². The first kappa shape index (κ1) is 26.0. The van der Waals surface area contributed by atoms with Crippen molar-refractivity contribution >= 4 is 17.4 Å². The summed E-state index contributed by atoms with van der Waals surface area (Å²) in [5.74, 6) is -1.87. The molecular weight excluding hydrogens is 490 g/mol. The second kappa shape index (κ2) is 10.5. The summed E-state index contributed by atoms with van der Waals surface area (Å²) in [4.78, 5) is 22.5. The molecule has 0 saturated heterocycles. The minimum atomic E-state index is -4.67. The fourth-order valence-electron chi connectivity index (χ4n) is 3.89. The summed E-state index contributed by atoms with van der Waals surface area (Å²) in [7, 11) is 0. The van der Waals surface area contributed by atoms with E-state index in [1.165, 1.54) is 35.1 Å². The number of nitrogens with one attached hydrogen (secondary N) is 1. The van der Waals surface area contributed by atoms with Gasteiger partial charge in [-0.05, 0) is 43.4 Å². The lowest BCUT2D eigenvalue weighted by Gasteiger charge is -2.18. The Labute approximate surface area is 210 Å². The lowest BCUT2D eigenvalue weighted by atomic mass is 10.1. The van der Waals surface area contributed by atoms with Crippen molar-refractivity contribution in [2.45, 2.75) is 20.0 Å². The van der Waals surface area contributed by atoms with E-state index in [4.69, 9.17) is 5.73 Å². The van der Waals surface area contributed by atoms with Gasteiger partial charge in [-0.1, -0.05) is 19.9 Å². The summed E-state index contributed by atoms with van der Waals surface area (Å²) >= 11 is 0. The molecule has 0 radical (unpaired) electrons. The lowest BCUT2D eigenvalue weighted by molar-refractivity contribution is -0.137. The Kier molecular flexibility index (Phi) is 7.39. The molecule has 0 fully saturated rings. The summed E-state index contributed by atoms with van der Waals surface area (Å²) in [6, 6.07) is 8.09. The van der Waals surface area contributed by atoms with Crippen molar-refractivity contribution in [3.63, 3.8) is 0 Å². The van der Waals surface area contributed by atoms with Crippen LogP contribution in [0.15, 0.2) is 48.8 Å². The third kappa shape index (κ3) is 5.53. The summed E-state index contributed by atoms with van der Waals surface area (Å²) in [5, 5.41) is 7.12. The third-order valence-corrected chi connectivity index (χ3v) is 6.00. The van der Waals surface area contributed by atoms with E-state index in [0.29, 0.717) is 30.0 Å². The molecule has 37 heavy (non-hydrogen) atoms. The van der Waals surface area contributed by atoms with Crippen LogP contribution in [0, 0.1) is 5.82 Å². The number of imidazole rings is 1. The Morgan fingerprint density at radius 2 is 1.81 bits per heavy atom. The highest BCUT2D eigenvalue weighted by atomic mass is 19.4. The van der Waals surface area contributed by atoms with E-state index in [1.807, 2.05) is 13.8 Å². The van der Waals surface area contributed by atoms with E-state index in [-0.39, 0.29) is 16.8 Å². The van der Waals surface area contributed by atoms with Crippen LogP contribution >= 0.6 is 0 Å². The molecule has 12 heteroatoms. The zero-order chi connectivity index (χ0) is 26.7. The van der Waals surface area contributed by atoms with E-state index < -0.39 is 29.3 Å². The van der Waals surface area contributed by atoms with Crippen molar-refractivity contribution in [2.24, 2.45) is 0 Å². The molecule has 0 saturated carbocycles. The standard InChI is InChI=1S/C25H25F4N7O/c1-3-35(4-2)10-9-31-24(37)17-6-5-15(12-19(17)26)21-14-32-22-8-7-20(34-36(21)22)16-11-18(25(27,28)29)23(30)33-13-16/h5-8,11-14H,3-4,9-10H2,1-2H3,(H2,30,33)(H,31,37). The summed E-state index contributed by atoms with van der Waals surface area (Å²) in [5.41, 5.74) is 5.71. The normalized spacial score (nSPS) is 11.9. The number of halogens is 4. The number of amides is 1. The van der Waals surface area contributed by atoms with Crippen molar-refractivity contribution in [1.82, 2.24) is 29.8 Å². The number of likely N-dealkylation sites (N-methyl/N-ethyl adjacent to an activating group) is 1. The van der Waals surface area contributed by atoms with Crippen molar-refractivity contribution in [3.05, 3.63) is 65.7 Å². The molecule has 1 aromatic carbocycles. The predicted molar refractivity (Wildman–Crippen MR) is 131 cm³/mol. The van der Waals surface area contributed by atoms with Gasteiger partial charge < -0.3 is 16.0 Å². The van der Waals surface area contributed by atoms with Crippen LogP contribution in [0.25, 0.3) is 28.2 Å². The van der Waals surface area contributed by atoms with Gasteiger partial charge in [0.05, 0.1) is 28.7 Å². The highest BCUT2D eigenvalue weighted by molar-refractivity contribution is 5.95. The summed E-state index contributed by atoms with van der Waals surface area (Å²) in [6.07, 6.45) is -2.01. The molecule has 3 heterocycles. The van der Waals surface area contributed by atoms with Gasteiger partial charge in [0.1, 0.15) is 11.6 Å². The maximum atomic E-state index is 14.9. The van der Waals surface area contributed by atoms with Gasteiger partial charge in [0.2, 0.25) is 0 Å². The second-order valence-corrected chi connectivity index (χ2v) is 8.26. The Morgan fingerprint density at radius 3 is 2.49 bits per heavy atom. The van der Waals surface area contributed by atoms with Crippen LogP contribution in [0.1, 0.15) is 29.8 Å². The molecule has 4 rings (SSSR count). The Hall–Kier alpha value is -4.06. The second-order valence-electron chi connectivity index (χ2n) is 8.26. The Morgan fingerprint density at radius 1 is 1.05 bits per heavy atom. The highest BCUT2D eigenvalue weighted by Gasteiger charge is 2.34. The monoisotopic (exact) mass is 515 g/mol. The zero-order valence-corrected chi connectivity index (χ0v) is 20.2. The number of nitrogens with zero attached hydrogens (tertiary/aromatic N) is 5. The highest BCUT2D eigenvalue weighted by Crippen LogP contribution is 2.35. The number of carbonyl (C=O) groups excluding carboxylic acids is 1. The van der Waals surface area contributed by atoms with Crippen LogP contribution < -0.4 is 11.1 Å². The number of hydrogen-bond acceptors (Lipinski definition) is 6. The zero-order valence-electron chi connectivity index (χ0n) is 20.2. The molecule has 3 N–H and O–H groups in total. The van der Waals surface area contributed by atoms with Gasteiger partial charge in [0.15, 0.2) is 5.65 Å². The van der Waals surface area contributed by atoms with Crippen molar-refractivity contribution in [2.75, 3.05) is 31.9 Å². The molecule has 4 aromatic rings. The smallest absolute Gasteiger partial charge is 0.383 e. The molecule has 1 amide bonds. The first-order chi connectivity index (χ1) is 17.6. The molecule has 0 bridgehead atoms. The van der Waals surface area contributed by atoms with Crippen molar-refractivity contribution in [1.29, 1.82) is 0 Å². The van der Waals surface area contributed by atoms with E-state index >= 15 is 0 Å². The van der Waals surface area contributed by atoms with Crippen molar-refractivity contribution in [3.8, 4) is 22.5 Å². The van der Waals surface area contributed by atoms with Gasteiger partial charge in [0, 0.05) is 30.4 Å². The number of rotatable bonds is 8. The van der Waals surface area contributed by atoms with Gasteiger partial charge in [-0.15, -0.1) is 0 Å². The number of aromatic nitrogens is 4. The topological polar surface area (TPSA) is 101 Å². The van der Waals surface area contributed by atoms with Gasteiger partial charge in [-0.3, -0.25) is 4.79 Å². The largest absolute Gasteiger partial charge is 0.419 e. The van der Waals surface area contributed by atoms with Crippen LogP contribution in [0.3, 0.4) is 0 Å². The maximum Gasteiger partial charge on any atom is 0.419 e. The molecule has 3 aromatic heterocycles. The quantitative estimate of drug-likeness (QED) is 0.340. The van der Waals surface area contributed by atoms with Gasteiger partial charge in [0.25, 0.3) is 5.91 Å². The average molecular weight is 516 g/mol. The van der Waals surface area contributed by atoms with Crippen LogP contribution in [-0.4, -0.2) is 56.6 Å². The number of anilines is 1. The number of benzene rings is 1. The van der Waals surface area contributed by atoms with E-state index in [9.17, 15) is 22.4 Å². The Bertz CT molecular complexity index is 1430. The van der Waals surface area contributed by atoms with E-state index in [1.54, 1.807) is 12.1 Å². The molecule has 0 aliphatic carbocycles. The minimum Gasteiger partial charge on any atom is -0.383 e. The summed E-state index contributed by atoms with van der Waals surface area (Å²) in [6.45, 7) is 6.79. The van der Waals surface area contributed by atoms with E-state index in [2.05, 4.69) is 25.3 Å². The first-order valence-electron chi connectivity index (χ1n) is 11.6. The minimum absolute atomic E-state index is 0.0987. The average Bonchev–Trinajstić information content (AvgIpc) is 3.29. The third-order valence-electron chi connectivity index (χ3n) is 6.00. The predicted octanol–water partition coefficient (Wildman–Crippen LogP) is 4.27. The van der Waals surface area contributed by atoms with Crippen LogP contribution in [0.4, 0.5) is 23.4 Å². The van der Waals surface area contributed by atoms with Crippen molar-refractivity contribution < 1.29 is 22.4 Å². The fourth-order valence-corrected chi connectivity index (χ4v) is 3.89. The number of carbonyl (C=O) groups is 1. The molecule has 0 aliphatic heterocycles. The first-order valence-corrected chi connectivity index (χ1v) is 11.6.